The van der Waals surface area contributed by atoms with Crippen LogP contribution in [0.5, 0.6) is 11.5 Å². The highest BCUT2D eigenvalue weighted by molar-refractivity contribution is 6.05. The molecule has 0 aliphatic heterocycles. The lowest BCUT2D eigenvalue weighted by Crippen LogP contribution is -2.13. The minimum atomic E-state index is -0.240. The molecule has 0 fully saturated rings. The second-order valence-corrected chi connectivity index (χ2v) is 7.09. The van der Waals surface area contributed by atoms with Crippen LogP contribution in [0.25, 0.3) is 10.9 Å². The number of rotatable bonds is 6. The van der Waals surface area contributed by atoms with Crippen molar-refractivity contribution in [3.05, 3.63) is 103 Å². The number of nitrogens with one attached hydrogen (secondary N) is 3. The van der Waals surface area contributed by atoms with E-state index in [0.29, 0.717) is 22.8 Å². The molecule has 0 aliphatic rings. The summed E-state index contributed by atoms with van der Waals surface area (Å²) in [5.41, 5.74) is 2.83. The number of carbonyl (C=O) groups excluding carboxylic acids is 1. The van der Waals surface area contributed by atoms with Gasteiger partial charge in [0.05, 0.1) is 17.4 Å². The molecule has 7 nitrogen and oxygen atoms in total. The third-order valence-corrected chi connectivity index (χ3v) is 4.86. The number of hydrogen-bond donors (Lipinski definition) is 3. The number of fused-ring (bicyclic) bond motifs is 1. The van der Waals surface area contributed by atoms with Gasteiger partial charge in [0.2, 0.25) is 0 Å². The first-order chi connectivity index (χ1) is 15.7. The number of carbonyl (C=O) groups is 1. The van der Waals surface area contributed by atoms with E-state index in [9.17, 15) is 4.79 Å². The summed E-state index contributed by atoms with van der Waals surface area (Å²) in [6.07, 6.45) is 3.43. The number of pyridine rings is 1. The lowest BCUT2D eigenvalue weighted by Gasteiger charge is -2.12. The number of para-hydroxylation sites is 1. The third-order valence-electron chi connectivity index (χ3n) is 4.86. The summed E-state index contributed by atoms with van der Waals surface area (Å²) in [6, 6.07) is 25.9. The minimum Gasteiger partial charge on any atom is -0.457 e. The zero-order chi connectivity index (χ0) is 21.8. The maximum Gasteiger partial charge on any atom is 0.255 e. The Kier molecular flexibility index (Phi) is 5.20. The molecule has 3 aromatic carbocycles. The van der Waals surface area contributed by atoms with E-state index in [1.54, 1.807) is 48.8 Å². The summed E-state index contributed by atoms with van der Waals surface area (Å²) < 4.78 is 5.78. The van der Waals surface area contributed by atoms with Gasteiger partial charge >= 0.3 is 0 Å². The Balaban J connectivity index is 1.30. The number of aromatic amines is 1. The molecule has 0 aliphatic carbocycles. The van der Waals surface area contributed by atoms with Gasteiger partial charge in [-0.15, -0.1) is 0 Å². The Morgan fingerprint density at radius 2 is 1.69 bits per heavy atom. The number of hydrogen-bond acceptors (Lipinski definition) is 5. The SMILES string of the molecule is O=C(Nc1cccnc1Nc1ccc2cn[nH]c2c1)c1ccc(Oc2ccccc2)cc1. The highest BCUT2D eigenvalue weighted by Crippen LogP contribution is 2.26. The molecule has 2 heterocycles. The summed E-state index contributed by atoms with van der Waals surface area (Å²) in [6.45, 7) is 0. The van der Waals surface area contributed by atoms with Crippen LogP contribution in [0.4, 0.5) is 17.2 Å². The van der Waals surface area contributed by atoms with Gasteiger partial charge in [-0.25, -0.2) is 4.98 Å². The molecular formula is C25H19N5O2. The fraction of sp³-hybridized carbons (Fsp3) is 0. The normalized spacial score (nSPS) is 10.6. The molecule has 2 aromatic heterocycles. The van der Waals surface area contributed by atoms with Gasteiger partial charge in [0, 0.05) is 22.8 Å². The number of aromatic nitrogens is 3. The van der Waals surface area contributed by atoms with E-state index in [2.05, 4.69) is 25.8 Å². The highest BCUT2D eigenvalue weighted by Gasteiger charge is 2.11. The predicted octanol–water partition coefficient (Wildman–Crippen LogP) is 5.75. The minimum absolute atomic E-state index is 0.240. The molecular weight excluding hydrogens is 402 g/mol. The van der Waals surface area contributed by atoms with Gasteiger partial charge < -0.3 is 15.4 Å². The van der Waals surface area contributed by atoms with Crippen LogP contribution in [0.3, 0.4) is 0 Å². The van der Waals surface area contributed by atoms with Crippen molar-refractivity contribution < 1.29 is 9.53 Å². The lowest BCUT2D eigenvalue weighted by molar-refractivity contribution is 0.102. The van der Waals surface area contributed by atoms with E-state index in [1.165, 1.54) is 0 Å². The average molecular weight is 421 g/mol. The number of nitrogens with zero attached hydrogens (tertiary/aromatic N) is 2. The van der Waals surface area contributed by atoms with Gasteiger partial charge in [-0.05, 0) is 66.7 Å². The fourth-order valence-electron chi connectivity index (χ4n) is 3.25. The van der Waals surface area contributed by atoms with Crippen LogP contribution in [-0.4, -0.2) is 21.1 Å². The van der Waals surface area contributed by atoms with Gasteiger partial charge in [0.15, 0.2) is 5.82 Å². The van der Waals surface area contributed by atoms with Crippen LogP contribution in [0.15, 0.2) is 97.3 Å². The molecule has 1 amide bonds. The monoisotopic (exact) mass is 421 g/mol. The van der Waals surface area contributed by atoms with E-state index in [0.717, 1.165) is 22.3 Å². The smallest absolute Gasteiger partial charge is 0.255 e. The maximum atomic E-state index is 12.8. The van der Waals surface area contributed by atoms with Crippen molar-refractivity contribution in [3.63, 3.8) is 0 Å². The van der Waals surface area contributed by atoms with Crippen molar-refractivity contribution in [1.29, 1.82) is 0 Å². The lowest BCUT2D eigenvalue weighted by atomic mass is 10.2. The first-order valence-corrected chi connectivity index (χ1v) is 10.0. The summed E-state index contributed by atoms with van der Waals surface area (Å²) in [7, 11) is 0. The van der Waals surface area contributed by atoms with Gasteiger partial charge in [-0.3, -0.25) is 9.89 Å². The molecule has 0 saturated heterocycles. The summed E-state index contributed by atoms with van der Waals surface area (Å²) >= 11 is 0. The molecule has 5 rings (SSSR count). The first kappa shape index (κ1) is 19.3. The summed E-state index contributed by atoms with van der Waals surface area (Å²) in [4.78, 5) is 17.2. The van der Waals surface area contributed by atoms with Crippen molar-refractivity contribution in [2.75, 3.05) is 10.6 Å². The zero-order valence-electron chi connectivity index (χ0n) is 16.9. The maximum absolute atomic E-state index is 12.8. The molecule has 3 N–H and O–H groups in total. The van der Waals surface area contributed by atoms with E-state index in [-0.39, 0.29) is 5.91 Å². The van der Waals surface area contributed by atoms with Gasteiger partial charge in [0.1, 0.15) is 11.5 Å². The van der Waals surface area contributed by atoms with Crippen LogP contribution in [-0.2, 0) is 0 Å². The Labute approximate surface area is 184 Å². The Hall–Kier alpha value is -4.65. The molecule has 0 saturated carbocycles. The summed E-state index contributed by atoms with van der Waals surface area (Å²) in [5, 5.41) is 14.2. The average Bonchev–Trinajstić information content (AvgIpc) is 3.29. The predicted molar refractivity (Wildman–Crippen MR) is 125 cm³/mol. The number of H-pyrrole nitrogens is 1. The van der Waals surface area contributed by atoms with Crippen LogP contribution >= 0.6 is 0 Å². The molecule has 0 spiro atoms. The molecule has 156 valence electrons. The van der Waals surface area contributed by atoms with Crippen molar-refractivity contribution in [3.8, 4) is 11.5 Å². The van der Waals surface area contributed by atoms with Gasteiger partial charge in [-0.1, -0.05) is 18.2 Å². The largest absolute Gasteiger partial charge is 0.457 e. The van der Waals surface area contributed by atoms with E-state index >= 15 is 0 Å². The summed E-state index contributed by atoms with van der Waals surface area (Å²) in [5.74, 6) is 1.70. The van der Waals surface area contributed by atoms with Crippen molar-refractivity contribution >= 4 is 34.0 Å². The second kappa shape index (κ2) is 8.61. The fourth-order valence-corrected chi connectivity index (χ4v) is 3.25. The van der Waals surface area contributed by atoms with Gasteiger partial charge in [-0.2, -0.15) is 5.10 Å². The standard InChI is InChI=1S/C25H19N5O2/c31-25(17-9-12-21(13-10-17)32-20-5-2-1-3-6-20)29-22-7-4-14-26-24(22)28-19-11-8-18-16-27-30-23(18)15-19/h1-16H,(H,26,28)(H,27,30)(H,29,31). The van der Waals surface area contributed by atoms with Crippen molar-refractivity contribution in [2.24, 2.45) is 0 Å². The Bertz CT molecular complexity index is 1360. The second-order valence-electron chi connectivity index (χ2n) is 7.09. The van der Waals surface area contributed by atoms with Crippen LogP contribution in [0.1, 0.15) is 10.4 Å². The van der Waals surface area contributed by atoms with E-state index < -0.39 is 0 Å². The van der Waals surface area contributed by atoms with Crippen LogP contribution in [0, 0.1) is 0 Å². The highest BCUT2D eigenvalue weighted by atomic mass is 16.5. The third kappa shape index (κ3) is 4.27. The molecule has 7 heteroatoms. The van der Waals surface area contributed by atoms with E-state index in [1.807, 2.05) is 48.5 Å². The number of amides is 1. The Morgan fingerprint density at radius 1 is 0.875 bits per heavy atom. The van der Waals surface area contributed by atoms with Gasteiger partial charge in [0.25, 0.3) is 5.91 Å². The molecule has 32 heavy (non-hydrogen) atoms. The molecule has 0 bridgehead atoms. The number of anilines is 3. The Morgan fingerprint density at radius 3 is 2.53 bits per heavy atom. The molecule has 0 atom stereocenters. The van der Waals surface area contributed by atoms with Crippen LogP contribution < -0.4 is 15.4 Å². The zero-order valence-corrected chi connectivity index (χ0v) is 16.9. The quantitative estimate of drug-likeness (QED) is 0.325. The molecule has 5 aromatic rings. The topological polar surface area (TPSA) is 91.9 Å². The van der Waals surface area contributed by atoms with Crippen molar-refractivity contribution in [1.82, 2.24) is 15.2 Å². The van der Waals surface area contributed by atoms with E-state index in [4.69, 9.17) is 4.74 Å². The van der Waals surface area contributed by atoms with Crippen molar-refractivity contribution in [2.45, 2.75) is 0 Å². The van der Waals surface area contributed by atoms with Crippen LogP contribution in [0.2, 0.25) is 0 Å². The molecule has 0 radical (unpaired) electrons. The molecule has 0 unspecified atom stereocenters. The first-order valence-electron chi connectivity index (χ1n) is 10.0. The number of benzene rings is 3. The number of ether oxygens (including phenoxy) is 1.